The third kappa shape index (κ3) is 3.61. The van der Waals surface area contributed by atoms with Crippen LogP contribution in [0.15, 0.2) is 29.2 Å². The number of carbonyl (C=O) groups is 3. The monoisotopic (exact) mass is 293 g/mol. The molecule has 1 fully saturated rings. The Morgan fingerprint density at radius 2 is 2.00 bits per heavy atom. The van der Waals surface area contributed by atoms with E-state index >= 15 is 0 Å². The van der Waals surface area contributed by atoms with Gasteiger partial charge in [-0.15, -0.1) is 0 Å². The second-order valence-electron chi connectivity index (χ2n) is 3.79. The standard InChI is InChI=1S/C13H11NO5S/c1-18-11(15)7-19-9-4-2-8(3-5-9)6-10-12(16)14-13(17)20-10/h2-6H,7H2,1H3,(H,14,16,17)/b10-6+. The summed E-state index contributed by atoms with van der Waals surface area (Å²) in [7, 11) is 1.28. The fourth-order valence-corrected chi connectivity index (χ4v) is 2.12. The van der Waals surface area contributed by atoms with Crippen LogP contribution in [-0.4, -0.2) is 30.8 Å². The van der Waals surface area contributed by atoms with Gasteiger partial charge in [0, 0.05) is 0 Å². The van der Waals surface area contributed by atoms with Gasteiger partial charge < -0.3 is 9.47 Å². The molecule has 1 aliphatic heterocycles. The summed E-state index contributed by atoms with van der Waals surface area (Å²) in [4.78, 5) is 33.6. The summed E-state index contributed by atoms with van der Waals surface area (Å²) in [5, 5.41) is 1.80. The van der Waals surface area contributed by atoms with Crippen molar-refractivity contribution in [2.45, 2.75) is 0 Å². The van der Waals surface area contributed by atoms with Gasteiger partial charge in [0.05, 0.1) is 12.0 Å². The number of benzene rings is 1. The molecule has 1 saturated heterocycles. The van der Waals surface area contributed by atoms with Crippen molar-refractivity contribution in [1.29, 1.82) is 0 Å². The van der Waals surface area contributed by atoms with Crippen LogP contribution < -0.4 is 10.1 Å². The maximum absolute atomic E-state index is 11.4. The molecule has 0 bridgehead atoms. The summed E-state index contributed by atoms with van der Waals surface area (Å²) in [6.07, 6.45) is 1.61. The number of esters is 1. The largest absolute Gasteiger partial charge is 0.482 e. The van der Waals surface area contributed by atoms with E-state index in [4.69, 9.17) is 4.74 Å². The van der Waals surface area contributed by atoms with E-state index in [1.165, 1.54) is 7.11 Å². The zero-order chi connectivity index (χ0) is 14.5. The van der Waals surface area contributed by atoms with Gasteiger partial charge >= 0.3 is 5.97 Å². The molecule has 1 aliphatic rings. The van der Waals surface area contributed by atoms with Crippen molar-refractivity contribution >= 4 is 35.0 Å². The van der Waals surface area contributed by atoms with Gasteiger partial charge in [-0.2, -0.15) is 0 Å². The van der Waals surface area contributed by atoms with Gasteiger partial charge in [-0.05, 0) is 35.5 Å². The first kappa shape index (κ1) is 14.1. The number of ether oxygens (including phenoxy) is 2. The molecule has 1 aromatic carbocycles. The number of hydrogen-bond acceptors (Lipinski definition) is 6. The Balaban J connectivity index is 2.01. The first-order chi connectivity index (χ1) is 9.58. The van der Waals surface area contributed by atoms with Gasteiger partial charge in [0.2, 0.25) is 0 Å². The highest BCUT2D eigenvalue weighted by molar-refractivity contribution is 8.18. The Labute approximate surface area is 119 Å². The number of rotatable bonds is 4. The number of amides is 2. The van der Waals surface area contributed by atoms with E-state index in [0.29, 0.717) is 10.7 Å². The van der Waals surface area contributed by atoms with Gasteiger partial charge in [0.1, 0.15) is 5.75 Å². The molecule has 0 aliphatic carbocycles. The van der Waals surface area contributed by atoms with Crippen molar-refractivity contribution in [3.8, 4) is 5.75 Å². The maximum atomic E-state index is 11.4. The third-order valence-corrected chi connectivity index (χ3v) is 3.21. The zero-order valence-electron chi connectivity index (χ0n) is 10.5. The van der Waals surface area contributed by atoms with Crippen LogP contribution in [0.25, 0.3) is 6.08 Å². The van der Waals surface area contributed by atoms with E-state index in [2.05, 4.69) is 10.1 Å². The highest BCUT2D eigenvalue weighted by atomic mass is 32.2. The van der Waals surface area contributed by atoms with Gasteiger partial charge in [-0.25, -0.2) is 4.79 Å². The fraction of sp³-hybridized carbons (Fsp3) is 0.154. The van der Waals surface area contributed by atoms with Crippen LogP contribution in [0, 0.1) is 0 Å². The van der Waals surface area contributed by atoms with Crippen LogP contribution in [0.5, 0.6) is 5.75 Å². The van der Waals surface area contributed by atoms with Crippen molar-refractivity contribution in [3.05, 3.63) is 34.7 Å². The number of nitrogens with one attached hydrogen (secondary N) is 1. The van der Waals surface area contributed by atoms with Gasteiger partial charge in [0.25, 0.3) is 11.1 Å². The minimum Gasteiger partial charge on any atom is -0.482 e. The van der Waals surface area contributed by atoms with E-state index in [1.54, 1.807) is 30.3 Å². The average Bonchev–Trinajstić information content (AvgIpc) is 2.75. The Kier molecular flexibility index (Phi) is 4.41. The lowest BCUT2D eigenvalue weighted by Gasteiger charge is -2.04. The molecule has 1 aromatic rings. The SMILES string of the molecule is COC(=O)COc1ccc(/C=C2/SC(=O)NC2=O)cc1. The minimum atomic E-state index is -0.464. The summed E-state index contributed by atoms with van der Waals surface area (Å²) in [5.74, 6) is -0.350. The van der Waals surface area contributed by atoms with Crippen molar-refractivity contribution in [2.24, 2.45) is 0 Å². The molecule has 104 valence electrons. The summed E-state index contributed by atoms with van der Waals surface area (Å²) >= 11 is 0.859. The summed E-state index contributed by atoms with van der Waals surface area (Å²) in [5.41, 5.74) is 0.753. The predicted octanol–water partition coefficient (Wildman–Crippen LogP) is 1.56. The molecule has 6 nitrogen and oxygen atoms in total. The van der Waals surface area contributed by atoms with Crippen LogP contribution in [0.1, 0.15) is 5.56 Å². The topological polar surface area (TPSA) is 81.7 Å². The molecule has 1 heterocycles. The fourth-order valence-electron chi connectivity index (χ4n) is 1.43. The number of carbonyl (C=O) groups excluding carboxylic acids is 3. The minimum absolute atomic E-state index is 0.163. The van der Waals surface area contributed by atoms with Crippen molar-refractivity contribution in [3.63, 3.8) is 0 Å². The third-order valence-electron chi connectivity index (χ3n) is 2.40. The lowest BCUT2D eigenvalue weighted by molar-refractivity contribution is -0.142. The van der Waals surface area contributed by atoms with Gasteiger partial charge in [0.15, 0.2) is 6.61 Å². The van der Waals surface area contributed by atoms with Gasteiger partial charge in [-0.3, -0.25) is 14.9 Å². The summed E-state index contributed by atoms with van der Waals surface area (Å²) < 4.78 is 9.64. The number of hydrogen-bond donors (Lipinski definition) is 1. The van der Waals surface area contributed by atoms with Crippen LogP contribution >= 0.6 is 11.8 Å². The van der Waals surface area contributed by atoms with E-state index in [9.17, 15) is 14.4 Å². The average molecular weight is 293 g/mol. The molecule has 0 aromatic heterocycles. The van der Waals surface area contributed by atoms with Gasteiger partial charge in [-0.1, -0.05) is 12.1 Å². The van der Waals surface area contributed by atoms with Crippen LogP contribution in [0.4, 0.5) is 4.79 Å². The molecule has 7 heteroatoms. The number of imide groups is 1. The van der Waals surface area contributed by atoms with Crippen LogP contribution in [0.3, 0.4) is 0 Å². The summed E-state index contributed by atoms with van der Waals surface area (Å²) in [6.45, 7) is -0.163. The Morgan fingerprint density at radius 1 is 1.30 bits per heavy atom. The smallest absolute Gasteiger partial charge is 0.343 e. The lowest BCUT2D eigenvalue weighted by Crippen LogP contribution is -2.17. The van der Waals surface area contributed by atoms with E-state index in [-0.39, 0.29) is 11.8 Å². The van der Waals surface area contributed by atoms with Crippen LogP contribution in [0.2, 0.25) is 0 Å². The maximum Gasteiger partial charge on any atom is 0.343 e. The molecular formula is C13H11NO5S. The molecule has 0 atom stereocenters. The molecule has 0 unspecified atom stereocenters. The first-order valence-electron chi connectivity index (χ1n) is 5.63. The van der Waals surface area contributed by atoms with E-state index in [0.717, 1.165) is 17.3 Å². The van der Waals surface area contributed by atoms with E-state index in [1.807, 2.05) is 0 Å². The van der Waals surface area contributed by atoms with Crippen molar-refractivity contribution in [1.82, 2.24) is 5.32 Å². The predicted molar refractivity (Wildman–Crippen MR) is 73.1 cm³/mol. The van der Waals surface area contributed by atoms with E-state index < -0.39 is 11.9 Å². The van der Waals surface area contributed by atoms with Crippen molar-refractivity contribution < 1.29 is 23.9 Å². The molecule has 0 radical (unpaired) electrons. The quantitative estimate of drug-likeness (QED) is 0.670. The lowest BCUT2D eigenvalue weighted by atomic mass is 10.2. The van der Waals surface area contributed by atoms with Crippen molar-refractivity contribution in [2.75, 3.05) is 13.7 Å². The second kappa shape index (κ2) is 6.25. The Bertz CT molecular complexity index is 579. The summed E-state index contributed by atoms with van der Waals surface area (Å²) in [6, 6.07) is 6.76. The molecule has 0 spiro atoms. The normalized spacial score (nSPS) is 16.1. The molecule has 1 N–H and O–H groups in total. The molecule has 20 heavy (non-hydrogen) atoms. The highest BCUT2D eigenvalue weighted by Crippen LogP contribution is 2.26. The molecule has 0 saturated carbocycles. The van der Waals surface area contributed by atoms with Crippen LogP contribution in [-0.2, 0) is 14.3 Å². The Morgan fingerprint density at radius 3 is 2.55 bits per heavy atom. The molecule has 2 rings (SSSR count). The zero-order valence-corrected chi connectivity index (χ0v) is 11.4. The second-order valence-corrected chi connectivity index (χ2v) is 4.80. The Hall–Kier alpha value is -2.28. The number of thioether (sulfide) groups is 1. The number of methoxy groups -OCH3 is 1. The highest BCUT2D eigenvalue weighted by Gasteiger charge is 2.24. The first-order valence-corrected chi connectivity index (χ1v) is 6.44. The molecular weight excluding hydrogens is 282 g/mol. The molecule has 2 amide bonds.